The van der Waals surface area contributed by atoms with Crippen LogP contribution in [0, 0.1) is 0 Å². The highest BCUT2D eigenvalue weighted by Crippen LogP contribution is 2.28. The van der Waals surface area contributed by atoms with Gasteiger partial charge in [0.15, 0.2) is 16.8 Å². The van der Waals surface area contributed by atoms with Crippen LogP contribution in [0.4, 0.5) is 0 Å². The van der Waals surface area contributed by atoms with E-state index < -0.39 is 11.1 Å². The molecular weight excluding hydrogens is 202 g/mol. The molecule has 4 nitrogen and oxygen atoms in total. The molecule has 1 aromatic heterocycles. The van der Waals surface area contributed by atoms with E-state index in [-0.39, 0.29) is 10.6 Å². The summed E-state index contributed by atoms with van der Waals surface area (Å²) in [5.41, 5.74) is 0.340. The van der Waals surface area contributed by atoms with Crippen molar-refractivity contribution in [1.29, 1.82) is 0 Å². The summed E-state index contributed by atoms with van der Waals surface area (Å²) in [6.07, 6.45) is 1.52. The molecular formula is C9H7NO3S. The van der Waals surface area contributed by atoms with Gasteiger partial charge in [-0.3, -0.25) is 4.98 Å². The normalized spacial score (nSPS) is 12.9. The molecule has 0 fully saturated rings. The lowest BCUT2D eigenvalue weighted by atomic mass is 10.2. The van der Waals surface area contributed by atoms with Gasteiger partial charge in [0, 0.05) is 11.6 Å². The van der Waals surface area contributed by atoms with Gasteiger partial charge < -0.3 is 9.66 Å². The van der Waals surface area contributed by atoms with Crippen molar-refractivity contribution in [3.63, 3.8) is 0 Å². The Morgan fingerprint density at radius 1 is 1.29 bits per heavy atom. The molecule has 0 radical (unpaired) electrons. The van der Waals surface area contributed by atoms with Gasteiger partial charge in [-0.25, -0.2) is 4.21 Å². The maximum atomic E-state index is 10.8. The van der Waals surface area contributed by atoms with Gasteiger partial charge in [0.1, 0.15) is 10.4 Å². The largest absolute Gasteiger partial charge is 0.504 e. The number of phenols is 1. The summed E-state index contributed by atoms with van der Waals surface area (Å²) in [6, 6.07) is 6.56. The predicted molar refractivity (Wildman–Crippen MR) is 52.4 cm³/mol. The number of rotatable bonds is 1. The van der Waals surface area contributed by atoms with Gasteiger partial charge in [-0.05, 0) is 12.1 Å². The molecule has 1 unspecified atom stereocenters. The second-order valence-corrected chi connectivity index (χ2v) is 3.67. The predicted octanol–water partition coefficient (Wildman–Crippen LogP) is 1.52. The van der Waals surface area contributed by atoms with Crippen molar-refractivity contribution in [2.75, 3.05) is 0 Å². The van der Waals surface area contributed by atoms with Gasteiger partial charge in [0.05, 0.1) is 0 Å². The molecule has 0 bridgehead atoms. The van der Waals surface area contributed by atoms with Crippen molar-refractivity contribution in [1.82, 2.24) is 4.98 Å². The third-order valence-electron chi connectivity index (χ3n) is 1.90. The average molecular weight is 209 g/mol. The number of aromatic nitrogens is 1. The van der Waals surface area contributed by atoms with Gasteiger partial charge in [-0.15, -0.1) is 0 Å². The maximum absolute atomic E-state index is 10.8. The van der Waals surface area contributed by atoms with Crippen molar-refractivity contribution in [3.8, 4) is 5.75 Å². The number of benzene rings is 1. The number of aromatic hydroxyl groups is 1. The van der Waals surface area contributed by atoms with Crippen LogP contribution in [-0.4, -0.2) is 18.9 Å². The number of hydrogen-bond donors (Lipinski definition) is 2. The molecule has 2 N–H and O–H groups in total. The van der Waals surface area contributed by atoms with Crippen LogP contribution in [0.2, 0.25) is 0 Å². The Balaban J connectivity index is 2.81. The number of nitrogens with zero attached hydrogens (tertiary/aromatic N) is 1. The fraction of sp³-hybridized carbons (Fsp3) is 0. The lowest BCUT2D eigenvalue weighted by Crippen LogP contribution is -1.90. The number of hydrogen-bond acceptors (Lipinski definition) is 3. The first-order chi connectivity index (χ1) is 6.70. The summed E-state index contributed by atoms with van der Waals surface area (Å²) in [5.74, 6) is -0.232. The Labute approximate surface area is 82.5 Å². The minimum absolute atomic E-state index is 0.0174. The molecule has 0 aliphatic heterocycles. The van der Waals surface area contributed by atoms with Crippen molar-refractivity contribution >= 4 is 22.0 Å². The second kappa shape index (κ2) is 3.36. The summed E-state index contributed by atoms with van der Waals surface area (Å²) in [6.45, 7) is 0. The van der Waals surface area contributed by atoms with Crippen LogP contribution in [0.1, 0.15) is 0 Å². The van der Waals surface area contributed by atoms with Gasteiger partial charge in [0.25, 0.3) is 0 Å². The van der Waals surface area contributed by atoms with E-state index in [1.165, 1.54) is 12.3 Å². The Morgan fingerprint density at radius 3 is 2.79 bits per heavy atom. The van der Waals surface area contributed by atoms with Crippen LogP contribution in [0.3, 0.4) is 0 Å². The fourth-order valence-corrected chi connectivity index (χ4v) is 1.70. The van der Waals surface area contributed by atoms with Gasteiger partial charge >= 0.3 is 0 Å². The van der Waals surface area contributed by atoms with E-state index >= 15 is 0 Å². The van der Waals surface area contributed by atoms with E-state index in [1.54, 1.807) is 18.2 Å². The quantitative estimate of drug-likeness (QED) is 0.698. The SMILES string of the molecule is O=S(O)c1ccc2cccnc2c1O. The first-order valence-corrected chi connectivity index (χ1v) is 4.98. The molecule has 0 aliphatic rings. The first kappa shape index (κ1) is 9.11. The summed E-state index contributed by atoms with van der Waals surface area (Å²) in [7, 11) is 0. The Kier molecular flexibility index (Phi) is 2.18. The van der Waals surface area contributed by atoms with Crippen LogP contribution < -0.4 is 0 Å². The molecule has 5 heteroatoms. The van der Waals surface area contributed by atoms with Crippen LogP contribution in [0.5, 0.6) is 5.75 Å². The molecule has 0 spiro atoms. The molecule has 1 aromatic carbocycles. The number of fused-ring (bicyclic) bond motifs is 1. The van der Waals surface area contributed by atoms with Crippen LogP contribution in [0.15, 0.2) is 35.4 Å². The maximum Gasteiger partial charge on any atom is 0.190 e. The van der Waals surface area contributed by atoms with E-state index in [9.17, 15) is 9.32 Å². The first-order valence-electron chi connectivity index (χ1n) is 3.87. The summed E-state index contributed by atoms with van der Waals surface area (Å²) in [4.78, 5) is 3.91. The van der Waals surface area contributed by atoms with E-state index in [0.29, 0.717) is 5.52 Å². The summed E-state index contributed by atoms with van der Waals surface area (Å²) >= 11 is -2.19. The van der Waals surface area contributed by atoms with Crippen LogP contribution in [0.25, 0.3) is 10.9 Å². The van der Waals surface area contributed by atoms with E-state index in [0.717, 1.165) is 5.39 Å². The van der Waals surface area contributed by atoms with E-state index in [2.05, 4.69) is 4.98 Å². The van der Waals surface area contributed by atoms with Crippen LogP contribution >= 0.6 is 0 Å². The highest BCUT2D eigenvalue weighted by molar-refractivity contribution is 7.79. The minimum Gasteiger partial charge on any atom is -0.504 e. The van der Waals surface area contributed by atoms with Gasteiger partial charge in [-0.1, -0.05) is 12.1 Å². The fourth-order valence-electron chi connectivity index (χ4n) is 1.25. The highest BCUT2D eigenvalue weighted by atomic mass is 32.2. The average Bonchev–Trinajstić information content (AvgIpc) is 2.18. The minimum atomic E-state index is -2.19. The Bertz CT molecular complexity index is 512. The third-order valence-corrected chi connectivity index (χ3v) is 2.60. The molecule has 14 heavy (non-hydrogen) atoms. The van der Waals surface area contributed by atoms with E-state index in [1.807, 2.05) is 0 Å². The molecule has 1 heterocycles. The second-order valence-electron chi connectivity index (χ2n) is 2.74. The van der Waals surface area contributed by atoms with Crippen molar-refractivity contribution < 1.29 is 13.9 Å². The Morgan fingerprint density at radius 2 is 2.07 bits per heavy atom. The molecule has 72 valence electrons. The van der Waals surface area contributed by atoms with Crippen molar-refractivity contribution in [2.45, 2.75) is 4.90 Å². The topological polar surface area (TPSA) is 70.4 Å². The molecule has 0 saturated heterocycles. The molecule has 0 amide bonds. The smallest absolute Gasteiger partial charge is 0.190 e. The summed E-state index contributed by atoms with van der Waals surface area (Å²) in [5, 5.41) is 10.3. The molecule has 1 atom stereocenters. The van der Waals surface area contributed by atoms with Gasteiger partial charge in [0.2, 0.25) is 0 Å². The number of pyridine rings is 1. The number of phenolic OH excluding ortho intramolecular Hbond substituents is 1. The van der Waals surface area contributed by atoms with Gasteiger partial charge in [-0.2, -0.15) is 0 Å². The lowest BCUT2D eigenvalue weighted by molar-refractivity contribution is 0.462. The van der Waals surface area contributed by atoms with Crippen molar-refractivity contribution in [2.24, 2.45) is 0 Å². The zero-order chi connectivity index (χ0) is 10.1. The lowest BCUT2D eigenvalue weighted by Gasteiger charge is -2.02. The molecule has 2 rings (SSSR count). The molecule has 0 saturated carbocycles. The standard InChI is InChI=1S/C9H7NO3S/c11-9-7(14(12)13)4-3-6-2-1-5-10-8(6)9/h1-5,11H,(H,12,13). The van der Waals surface area contributed by atoms with E-state index in [4.69, 9.17) is 4.55 Å². The highest BCUT2D eigenvalue weighted by Gasteiger charge is 2.10. The Hall–Kier alpha value is -1.46. The summed E-state index contributed by atoms with van der Waals surface area (Å²) < 4.78 is 19.6. The van der Waals surface area contributed by atoms with Crippen LogP contribution in [-0.2, 0) is 11.1 Å². The molecule has 2 aromatic rings. The zero-order valence-electron chi connectivity index (χ0n) is 7.04. The monoisotopic (exact) mass is 209 g/mol. The third kappa shape index (κ3) is 1.36. The van der Waals surface area contributed by atoms with Crippen molar-refractivity contribution in [3.05, 3.63) is 30.5 Å². The molecule has 0 aliphatic carbocycles. The zero-order valence-corrected chi connectivity index (χ0v) is 7.86.